The monoisotopic (exact) mass is 388 g/mol. The molecule has 3 rings (SSSR count). The van der Waals surface area contributed by atoms with E-state index in [1.165, 1.54) is 18.2 Å². The van der Waals surface area contributed by atoms with Gasteiger partial charge in [0.15, 0.2) is 0 Å². The summed E-state index contributed by atoms with van der Waals surface area (Å²) >= 11 is 0. The Morgan fingerprint density at radius 1 is 1.18 bits per heavy atom. The van der Waals surface area contributed by atoms with E-state index in [0.29, 0.717) is 11.3 Å². The summed E-state index contributed by atoms with van der Waals surface area (Å²) in [6.45, 7) is 7.33. The minimum Gasteiger partial charge on any atom is -0.375 e. The molecule has 1 aliphatic rings. The molecular weight excluding hydrogens is 362 g/mol. The molecule has 1 aliphatic heterocycles. The van der Waals surface area contributed by atoms with Gasteiger partial charge in [0, 0.05) is 25.2 Å². The van der Waals surface area contributed by atoms with Crippen LogP contribution in [0.3, 0.4) is 0 Å². The van der Waals surface area contributed by atoms with E-state index in [2.05, 4.69) is 4.99 Å². The molecule has 0 aliphatic carbocycles. The van der Waals surface area contributed by atoms with E-state index in [4.69, 9.17) is 9.47 Å². The minimum atomic E-state index is -0.865. The fourth-order valence-corrected chi connectivity index (χ4v) is 3.02. The van der Waals surface area contributed by atoms with Gasteiger partial charge < -0.3 is 14.4 Å². The van der Waals surface area contributed by atoms with Gasteiger partial charge in [-0.3, -0.25) is 0 Å². The SMILES string of the molecule is CCN(C)C=Nc1cc(F)c(C2(OCc3cc(F)ccc3C)COC2)cc1C. The second kappa shape index (κ2) is 8.37. The molecule has 0 radical (unpaired) electrons. The van der Waals surface area contributed by atoms with Crippen molar-refractivity contribution in [3.8, 4) is 0 Å². The van der Waals surface area contributed by atoms with Gasteiger partial charge >= 0.3 is 0 Å². The van der Waals surface area contributed by atoms with Gasteiger partial charge in [-0.15, -0.1) is 0 Å². The standard InChI is InChI=1S/C22H26F2N2O2/c1-5-26(4)14-25-21-10-20(24)19(8-16(21)3)22(12-27-13-22)28-11-17-9-18(23)7-6-15(17)2/h6-10,14H,5,11-13H2,1-4H3. The van der Waals surface area contributed by atoms with Gasteiger partial charge in [-0.2, -0.15) is 0 Å². The van der Waals surface area contributed by atoms with Gasteiger partial charge in [0.1, 0.15) is 17.2 Å². The third-order valence-corrected chi connectivity index (χ3v) is 5.15. The number of rotatable bonds is 7. The van der Waals surface area contributed by atoms with E-state index in [1.807, 2.05) is 32.7 Å². The Labute approximate surface area is 164 Å². The molecule has 6 heteroatoms. The van der Waals surface area contributed by atoms with E-state index < -0.39 is 5.60 Å². The molecule has 1 heterocycles. The minimum absolute atomic E-state index is 0.187. The highest BCUT2D eigenvalue weighted by molar-refractivity contribution is 5.63. The van der Waals surface area contributed by atoms with Crippen molar-refractivity contribution in [2.24, 2.45) is 4.99 Å². The average Bonchev–Trinajstić information content (AvgIpc) is 2.64. The van der Waals surface area contributed by atoms with Crippen molar-refractivity contribution in [3.05, 3.63) is 64.2 Å². The Kier molecular flexibility index (Phi) is 6.10. The van der Waals surface area contributed by atoms with Crippen LogP contribution in [0.15, 0.2) is 35.3 Å². The molecule has 150 valence electrons. The molecule has 0 N–H and O–H groups in total. The van der Waals surface area contributed by atoms with Gasteiger partial charge in [-0.1, -0.05) is 6.07 Å². The first-order valence-corrected chi connectivity index (χ1v) is 9.36. The molecule has 0 aromatic heterocycles. The lowest BCUT2D eigenvalue weighted by Crippen LogP contribution is -2.49. The van der Waals surface area contributed by atoms with E-state index >= 15 is 0 Å². The Hall–Kier alpha value is -2.31. The number of ether oxygens (including phenoxy) is 2. The Balaban J connectivity index is 1.84. The van der Waals surface area contributed by atoms with Gasteiger partial charge in [0.25, 0.3) is 0 Å². The molecule has 0 bridgehead atoms. The van der Waals surface area contributed by atoms with Crippen molar-refractivity contribution >= 4 is 12.0 Å². The third-order valence-electron chi connectivity index (χ3n) is 5.15. The largest absolute Gasteiger partial charge is 0.375 e. The van der Waals surface area contributed by atoms with E-state index in [0.717, 1.165) is 23.2 Å². The number of hydrogen-bond donors (Lipinski definition) is 0. The first kappa shape index (κ1) is 20.4. The summed E-state index contributed by atoms with van der Waals surface area (Å²) in [6, 6.07) is 7.78. The zero-order chi connectivity index (χ0) is 20.3. The van der Waals surface area contributed by atoms with Crippen LogP contribution in [0, 0.1) is 25.5 Å². The summed E-state index contributed by atoms with van der Waals surface area (Å²) in [5.74, 6) is -0.694. The second-order valence-electron chi connectivity index (χ2n) is 7.28. The van der Waals surface area contributed by atoms with Crippen LogP contribution in [0.5, 0.6) is 0 Å². The summed E-state index contributed by atoms with van der Waals surface area (Å²) in [5, 5.41) is 0. The number of benzene rings is 2. The van der Waals surface area contributed by atoms with Gasteiger partial charge in [0.05, 0.1) is 31.8 Å². The lowest BCUT2D eigenvalue weighted by molar-refractivity contribution is -0.224. The van der Waals surface area contributed by atoms with Crippen molar-refractivity contribution in [2.45, 2.75) is 33.0 Å². The quantitative estimate of drug-likeness (QED) is 0.512. The zero-order valence-electron chi connectivity index (χ0n) is 16.8. The van der Waals surface area contributed by atoms with Crippen LogP contribution in [0.4, 0.5) is 14.5 Å². The highest BCUT2D eigenvalue weighted by atomic mass is 19.1. The van der Waals surface area contributed by atoms with Crippen molar-refractivity contribution in [1.82, 2.24) is 4.90 Å². The second-order valence-corrected chi connectivity index (χ2v) is 7.28. The first-order chi connectivity index (χ1) is 13.3. The van der Waals surface area contributed by atoms with Crippen LogP contribution in [-0.4, -0.2) is 38.0 Å². The molecule has 2 aromatic rings. The van der Waals surface area contributed by atoms with Crippen LogP contribution in [0.2, 0.25) is 0 Å². The Morgan fingerprint density at radius 3 is 2.57 bits per heavy atom. The summed E-state index contributed by atoms with van der Waals surface area (Å²) in [5.41, 5.74) is 2.70. The molecule has 0 spiro atoms. The molecule has 2 aromatic carbocycles. The van der Waals surface area contributed by atoms with Crippen molar-refractivity contribution in [3.63, 3.8) is 0 Å². The van der Waals surface area contributed by atoms with Gasteiger partial charge in [-0.05, 0) is 55.7 Å². The normalized spacial score (nSPS) is 15.6. The molecule has 28 heavy (non-hydrogen) atoms. The summed E-state index contributed by atoms with van der Waals surface area (Å²) < 4.78 is 39.9. The van der Waals surface area contributed by atoms with Crippen LogP contribution < -0.4 is 0 Å². The Bertz CT molecular complexity index is 879. The average molecular weight is 388 g/mol. The summed E-state index contributed by atoms with van der Waals surface area (Å²) in [7, 11) is 1.91. The smallest absolute Gasteiger partial charge is 0.143 e. The first-order valence-electron chi connectivity index (χ1n) is 9.36. The van der Waals surface area contributed by atoms with E-state index in [-0.39, 0.29) is 31.5 Å². The van der Waals surface area contributed by atoms with Crippen molar-refractivity contribution in [2.75, 3.05) is 26.8 Å². The molecule has 0 unspecified atom stereocenters. The fraction of sp³-hybridized carbons (Fsp3) is 0.409. The zero-order valence-corrected chi connectivity index (χ0v) is 16.8. The van der Waals surface area contributed by atoms with Crippen LogP contribution in [-0.2, 0) is 21.7 Å². The Morgan fingerprint density at radius 2 is 1.93 bits per heavy atom. The molecule has 1 saturated heterocycles. The van der Waals surface area contributed by atoms with Gasteiger partial charge in [0.2, 0.25) is 0 Å². The maximum atomic E-state index is 14.9. The summed E-state index contributed by atoms with van der Waals surface area (Å²) in [4.78, 5) is 6.28. The molecule has 0 amide bonds. The van der Waals surface area contributed by atoms with Crippen LogP contribution in [0.25, 0.3) is 0 Å². The fourth-order valence-electron chi connectivity index (χ4n) is 3.02. The van der Waals surface area contributed by atoms with Gasteiger partial charge in [-0.25, -0.2) is 13.8 Å². The lowest BCUT2D eigenvalue weighted by Gasteiger charge is -2.42. The molecule has 0 atom stereocenters. The maximum absolute atomic E-state index is 14.9. The third kappa shape index (κ3) is 4.23. The predicted molar refractivity (Wildman–Crippen MR) is 106 cm³/mol. The number of hydrogen-bond acceptors (Lipinski definition) is 3. The molecule has 0 saturated carbocycles. The van der Waals surface area contributed by atoms with Crippen LogP contribution in [0.1, 0.15) is 29.2 Å². The predicted octanol–water partition coefficient (Wildman–Crippen LogP) is 4.64. The van der Waals surface area contributed by atoms with Crippen molar-refractivity contribution in [1.29, 1.82) is 0 Å². The highest BCUT2D eigenvalue weighted by Crippen LogP contribution is 2.38. The maximum Gasteiger partial charge on any atom is 0.143 e. The number of nitrogens with zero attached hydrogens (tertiary/aromatic N) is 2. The number of aryl methyl sites for hydroxylation is 2. The molecular formula is C22H26F2N2O2. The van der Waals surface area contributed by atoms with E-state index in [1.54, 1.807) is 18.5 Å². The number of aliphatic imine (C=N–C) groups is 1. The highest BCUT2D eigenvalue weighted by Gasteiger charge is 2.44. The topological polar surface area (TPSA) is 34.1 Å². The molecule has 4 nitrogen and oxygen atoms in total. The van der Waals surface area contributed by atoms with Crippen LogP contribution >= 0.6 is 0 Å². The lowest BCUT2D eigenvalue weighted by atomic mass is 9.89. The number of halogens is 2. The summed E-state index contributed by atoms with van der Waals surface area (Å²) in [6.07, 6.45) is 1.69. The van der Waals surface area contributed by atoms with E-state index in [9.17, 15) is 8.78 Å². The molecule has 1 fully saturated rings. The van der Waals surface area contributed by atoms with Crippen molar-refractivity contribution < 1.29 is 18.3 Å².